The molecule has 0 radical (unpaired) electrons. The van der Waals surface area contributed by atoms with Crippen LogP contribution in [-0.2, 0) is 17.6 Å². The van der Waals surface area contributed by atoms with Crippen molar-refractivity contribution in [1.29, 1.82) is 0 Å². The number of amides is 1. The van der Waals surface area contributed by atoms with Crippen LogP contribution in [0.5, 0.6) is 0 Å². The average molecular weight is 328 g/mol. The molecule has 1 heterocycles. The third-order valence-electron chi connectivity index (χ3n) is 4.38. The Morgan fingerprint density at radius 3 is 3.04 bits per heavy atom. The SMILES string of the molecule is CC(C)c1noc(CCC(=O)NC2CCCc3cc(N)ccc32)n1. The minimum atomic E-state index is 0.00831. The Balaban J connectivity index is 1.57. The van der Waals surface area contributed by atoms with Crippen LogP contribution < -0.4 is 11.1 Å². The Morgan fingerprint density at radius 2 is 2.29 bits per heavy atom. The van der Waals surface area contributed by atoms with Crippen molar-refractivity contribution in [3.8, 4) is 0 Å². The van der Waals surface area contributed by atoms with E-state index in [1.807, 2.05) is 32.0 Å². The van der Waals surface area contributed by atoms with Gasteiger partial charge in [0.05, 0.1) is 6.04 Å². The molecule has 1 aromatic heterocycles. The number of nitrogen functional groups attached to an aromatic ring is 1. The number of aromatic nitrogens is 2. The van der Waals surface area contributed by atoms with Gasteiger partial charge < -0.3 is 15.6 Å². The van der Waals surface area contributed by atoms with Crippen LogP contribution in [0.2, 0.25) is 0 Å². The predicted octanol–water partition coefficient (Wildman–Crippen LogP) is 2.90. The van der Waals surface area contributed by atoms with Crippen molar-refractivity contribution in [2.45, 2.75) is 57.9 Å². The average Bonchev–Trinajstić information content (AvgIpc) is 3.02. The monoisotopic (exact) mass is 328 g/mol. The van der Waals surface area contributed by atoms with Crippen molar-refractivity contribution in [2.75, 3.05) is 5.73 Å². The van der Waals surface area contributed by atoms with Gasteiger partial charge in [-0.3, -0.25) is 4.79 Å². The number of hydrogen-bond donors (Lipinski definition) is 2. The van der Waals surface area contributed by atoms with E-state index in [1.54, 1.807) is 0 Å². The number of carbonyl (C=O) groups is 1. The second kappa shape index (κ2) is 7.03. The van der Waals surface area contributed by atoms with Gasteiger partial charge in [0, 0.05) is 24.4 Å². The summed E-state index contributed by atoms with van der Waals surface area (Å²) < 4.78 is 5.18. The largest absolute Gasteiger partial charge is 0.399 e. The molecular weight excluding hydrogens is 304 g/mol. The van der Waals surface area contributed by atoms with E-state index >= 15 is 0 Å². The van der Waals surface area contributed by atoms with Gasteiger partial charge in [0.15, 0.2) is 5.82 Å². The minimum Gasteiger partial charge on any atom is -0.399 e. The Kier molecular flexibility index (Phi) is 4.83. The maximum absolute atomic E-state index is 12.3. The highest BCUT2D eigenvalue weighted by atomic mass is 16.5. The first kappa shape index (κ1) is 16.5. The van der Waals surface area contributed by atoms with Gasteiger partial charge in [-0.15, -0.1) is 0 Å². The molecule has 0 fully saturated rings. The highest BCUT2D eigenvalue weighted by Gasteiger charge is 2.22. The normalized spacial score (nSPS) is 16.9. The van der Waals surface area contributed by atoms with Gasteiger partial charge in [-0.25, -0.2) is 0 Å². The lowest BCUT2D eigenvalue weighted by atomic mass is 9.87. The maximum Gasteiger partial charge on any atom is 0.227 e. The maximum atomic E-state index is 12.3. The molecule has 1 aliphatic rings. The number of fused-ring (bicyclic) bond motifs is 1. The number of rotatable bonds is 5. The van der Waals surface area contributed by atoms with E-state index in [2.05, 4.69) is 15.5 Å². The molecule has 1 atom stereocenters. The fraction of sp³-hybridized carbons (Fsp3) is 0.500. The van der Waals surface area contributed by atoms with Crippen molar-refractivity contribution >= 4 is 11.6 Å². The van der Waals surface area contributed by atoms with Crippen LogP contribution in [-0.4, -0.2) is 16.0 Å². The topological polar surface area (TPSA) is 94.0 Å². The zero-order valence-electron chi connectivity index (χ0n) is 14.2. The van der Waals surface area contributed by atoms with Gasteiger partial charge in [0.1, 0.15) is 0 Å². The molecule has 1 amide bonds. The van der Waals surface area contributed by atoms with Crippen LogP contribution >= 0.6 is 0 Å². The second-order valence-corrected chi connectivity index (χ2v) is 6.67. The first-order valence-corrected chi connectivity index (χ1v) is 8.53. The third-order valence-corrected chi connectivity index (χ3v) is 4.38. The molecule has 1 unspecified atom stereocenters. The summed E-state index contributed by atoms with van der Waals surface area (Å²) in [6, 6.07) is 6.01. The number of nitrogens with zero attached hydrogens (tertiary/aromatic N) is 2. The Bertz CT molecular complexity index is 724. The summed E-state index contributed by atoms with van der Waals surface area (Å²) in [6.07, 6.45) is 3.85. The molecule has 0 bridgehead atoms. The van der Waals surface area contributed by atoms with Crippen LogP contribution in [0.3, 0.4) is 0 Å². The molecule has 2 aromatic rings. The summed E-state index contributed by atoms with van der Waals surface area (Å²) in [7, 11) is 0. The molecule has 3 N–H and O–H groups in total. The quantitative estimate of drug-likeness (QED) is 0.823. The second-order valence-electron chi connectivity index (χ2n) is 6.67. The van der Waals surface area contributed by atoms with Crippen LogP contribution in [0, 0.1) is 0 Å². The molecule has 3 rings (SSSR count). The van der Waals surface area contributed by atoms with Crippen LogP contribution in [0.25, 0.3) is 0 Å². The Morgan fingerprint density at radius 1 is 1.46 bits per heavy atom. The molecule has 0 spiro atoms. The molecule has 0 saturated heterocycles. The van der Waals surface area contributed by atoms with Crippen molar-refractivity contribution in [3.63, 3.8) is 0 Å². The Hall–Kier alpha value is -2.37. The number of nitrogens with two attached hydrogens (primary N) is 1. The van der Waals surface area contributed by atoms with Crippen LogP contribution in [0.1, 0.15) is 67.9 Å². The van der Waals surface area contributed by atoms with E-state index in [-0.39, 0.29) is 17.9 Å². The van der Waals surface area contributed by atoms with E-state index in [9.17, 15) is 4.79 Å². The smallest absolute Gasteiger partial charge is 0.227 e. The van der Waals surface area contributed by atoms with E-state index in [0.29, 0.717) is 24.6 Å². The molecule has 0 aliphatic heterocycles. The van der Waals surface area contributed by atoms with Gasteiger partial charge >= 0.3 is 0 Å². The fourth-order valence-corrected chi connectivity index (χ4v) is 3.08. The summed E-state index contributed by atoms with van der Waals surface area (Å²) in [4.78, 5) is 16.6. The summed E-state index contributed by atoms with van der Waals surface area (Å²) in [5, 5.41) is 7.04. The highest BCUT2D eigenvalue weighted by molar-refractivity contribution is 5.76. The van der Waals surface area contributed by atoms with Gasteiger partial charge in [0.25, 0.3) is 0 Å². The van der Waals surface area contributed by atoms with Crippen molar-refractivity contribution < 1.29 is 9.32 Å². The fourth-order valence-electron chi connectivity index (χ4n) is 3.08. The van der Waals surface area contributed by atoms with Crippen LogP contribution in [0.4, 0.5) is 5.69 Å². The number of aryl methyl sites for hydroxylation is 2. The molecule has 24 heavy (non-hydrogen) atoms. The standard InChI is InChI=1S/C18H24N4O2/c1-11(2)18-21-17(24-22-18)9-8-16(23)20-15-5-3-4-12-10-13(19)6-7-14(12)15/h6-7,10-11,15H,3-5,8-9,19H2,1-2H3,(H,20,23). The number of hydrogen-bond acceptors (Lipinski definition) is 5. The molecule has 128 valence electrons. The first-order valence-electron chi connectivity index (χ1n) is 8.53. The van der Waals surface area contributed by atoms with Crippen molar-refractivity contribution in [3.05, 3.63) is 41.0 Å². The predicted molar refractivity (Wildman–Crippen MR) is 91.4 cm³/mol. The molecule has 0 saturated carbocycles. The lowest BCUT2D eigenvalue weighted by Gasteiger charge is -2.26. The van der Waals surface area contributed by atoms with E-state index in [0.717, 1.165) is 24.9 Å². The summed E-state index contributed by atoms with van der Waals surface area (Å²) in [5.41, 5.74) is 9.05. The molecule has 1 aromatic carbocycles. The van der Waals surface area contributed by atoms with E-state index in [4.69, 9.17) is 10.3 Å². The number of benzene rings is 1. The minimum absolute atomic E-state index is 0.00831. The van der Waals surface area contributed by atoms with E-state index < -0.39 is 0 Å². The van der Waals surface area contributed by atoms with Crippen molar-refractivity contribution in [1.82, 2.24) is 15.5 Å². The molecule has 6 nitrogen and oxygen atoms in total. The van der Waals surface area contributed by atoms with Crippen LogP contribution in [0.15, 0.2) is 22.7 Å². The molecule has 1 aliphatic carbocycles. The highest BCUT2D eigenvalue weighted by Crippen LogP contribution is 2.31. The van der Waals surface area contributed by atoms with E-state index in [1.165, 1.54) is 11.1 Å². The summed E-state index contributed by atoms with van der Waals surface area (Å²) in [6.45, 7) is 4.02. The zero-order chi connectivity index (χ0) is 17.1. The number of anilines is 1. The van der Waals surface area contributed by atoms with Gasteiger partial charge in [-0.05, 0) is 42.5 Å². The first-order chi connectivity index (χ1) is 11.5. The number of carbonyl (C=O) groups excluding carboxylic acids is 1. The lowest BCUT2D eigenvalue weighted by molar-refractivity contribution is -0.122. The Labute approximate surface area is 141 Å². The van der Waals surface area contributed by atoms with Gasteiger partial charge in [0.2, 0.25) is 11.8 Å². The van der Waals surface area contributed by atoms with Gasteiger partial charge in [-0.2, -0.15) is 4.98 Å². The van der Waals surface area contributed by atoms with Gasteiger partial charge in [-0.1, -0.05) is 25.1 Å². The zero-order valence-corrected chi connectivity index (χ0v) is 14.2. The lowest BCUT2D eigenvalue weighted by Crippen LogP contribution is -2.31. The summed E-state index contributed by atoms with van der Waals surface area (Å²) in [5.74, 6) is 1.44. The molecular formula is C18H24N4O2. The van der Waals surface area contributed by atoms with Crippen molar-refractivity contribution in [2.24, 2.45) is 0 Å². The summed E-state index contributed by atoms with van der Waals surface area (Å²) >= 11 is 0. The number of nitrogens with one attached hydrogen (secondary N) is 1. The third kappa shape index (κ3) is 3.75. The molecule has 6 heteroatoms.